The fourth-order valence-electron chi connectivity index (χ4n) is 4.17. The van der Waals surface area contributed by atoms with Gasteiger partial charge in [0.05, 0.1) is 16.6 Å². The molecule has 29 heavy (non-hydrogen) atoms. The molecule has 0 atom stereocenters. The maximum atomic E-state index is 12.6. The lowest BCUT2D eigenvalue weighted by Crippen LogP contribution is -2.28. The highest BCUT2D eigenvalue weighted by atomic mass is 16.1. The summed E-state index contributed by atoms with van der Waals surface area (Å²) in [5, 5.41) is 7.16. The largest absolute Gasteiger partial charge is 0.355 e. The van der Waals surface area contributed by atoms with E-state index >= 15 is 0 Å². The number of pyridine rings is 2. The van der Waals surface area contributed by atoms with E-state index in [2.05, 4.69) is 28.5 Å². The third-order valence-electron chi connectivity index (χ3n) is 5.67. The molecule has 1 amide bonds. The van der Waals surface area contributed by atoms with Crippen molar-refractivity contribution in [2.24, 2.45) is 0 Å². The zero-order valence-corrected chi connectivity index (χ0v) is 16.7. The second kappa shape index (κ2) is 7.00. The molecule has 0 unspecified atom stereocenters. The van der Waals surface area contributed by atoms with Gasteiger partial charge < -0.3 is 15.5 Å². The van der Waals surface area contributed by atoms with E-state index in [0.717, 1.165) is 66.0 Å². The molecule has 0 aliphatic carbocycles. The number of aryl methyl sites for hydroxylation is 1. The number of fused-ring (bicyclic) bond motifs is 5. The SMILES string of the molecule is CNC(=O)c1cc2c(C)cc(N3CCCNCC3)nc2n2c1nc1ccccc12. The maximum Gasteiger partial charge on any atom is 0.254 e. The van der Waals surface area contributed by atoms with Gasteiger partial charge in [0.2, 0.25) is 0 Å². The molecule has 0 radical (unpaired) electrons. The Hall–Kier alpha value is -3.19. The molecular formula is C22H24N6O. The maximum absolute atomic E-state index is 12.6. The van der Waals surface area contributed by atoms with E-state index in [4.69, 9.17) is 9.97 Å². The molecule has 5 rings (SSSR count). The van der Waals surface area contributed by atoms with Crippen molar-refractivity contribution in [2.45, 2.75) is 13.3 Å². The van der Waals surface area contributed by atoms with Crippen LogP contribution in [0.4, 0.5) is 5.82 Å². The molecule has 1 aromatic carbocycles. The molecule has 1 aliphatic heterocycles. The zero-order chi connectivity index (χ0) is 20.0. The minimum absolute atomic E-state index is 0.144. The fraction of sp³-hybridized carbons (Fsp3) is 0.318. The van der Waals surface area contributed by atoms with Crippen LogP contribution in [-0.4, -0.2) is 53.5 Å². The van der Waals surface area contributed by atoms with Gasteiger partial charge in [0.15, 0.2) is 5.65 Å². The molecule has 4 heterocycles. The predicted octanol–water partition coefficient (Wildman–Crippen LogP) is 2.50. The Kier molecular flexibility index (Phi) is 4.32. The first-order valence-electron chi connectivity index (χ1n) is 10.1. The number of aromatic nitrogens is 3. The quantitative estimate of drug-likeness (QED) is 0.552. The number of hydrogen-bond acceptors (Lipinski definition) is 5. The lowest BCUT2D eigenvalue weighted by molar-refractivity contribution is 0.0964. The van der Waals surface area contributed by atoms with Crippen molar-refractivity contribution in [2.75, 3.05) is 38.1 Å². The van der Waals surface area contributed by atoms with Crippen LogP contribution in [0, 0.1) is 6.92 Å². The molecular weight excluding hydrogens is 364 g/mol. The Morgan fingerprint density at radius 3 is 2.83 bits per heavy atom. The monoisotopic (exact) mass is 388 g/mol. The summed E-state index contributed by atoms with van der Waals surface area (Å²) >= 11 is 0. The number of amides is 1. The van der Waals surface area contributed by atoms with Crippen molar-refractivity contribution < 1.29 is 4.79 Å². The zero-order valence-electron chi connectivity index (χ0n) is 16.7. The van der Waals surface area contributed by atoms with Gasteiger partial charge in [0.1, 0.15) is 11.5 Å². The number of hydrogen-bond donors (Lipinski definition) is 2. The molecule has 4 aromatic rings. The Labute approximate surface area is 168 Å². The average Bonchev–Trinajstić information content (AvgIpc) is 2.92. The van der Waals surface area contributed by atoms with Crippen LogP contribution in [0.15, 0.2) is 36.4 Å². The van der Waals surface area contributed by atoms with E-state index in [1.165, 1.54) is 0 Å². The Morgan fingerprint density at radius 2 is 1.97 bits per heavy atom. The number of nitrogens with one attached hydrogen (secondary N) is 2. The van der Waals surface area contributed by atoms with Gasteiger partial charge in [-0.25, -0.2) is 9.97 Å². The summed E-state index contributed by atoms with van der Waals surface area (Å²) < 4.78 is 2.03. The second-order valence-electron chi connectivity index (χ2n) is 7.52. The highest BCUT2D eigenvalue weighted by Crippen LogP contribution is 2.29. The Morgan fingerprint density at radius 1 is 1.10 bits per heavy atom. The highest BCUT2D eigenvalue weighted by molar-refractivity contribution is 6.06. The summed E-state index contributed by atoms with van der Waals surface area (Å²) in [6.45, 7) is 5.99. The van der Waals surface area contributed by atoms with Gasteiger partial charge in [-0.05, 0) is 49.7 Å². The summed E-state index contributed by atoms with van der Waals surface area (Å²) in [6.07, 6.45) is 1.10. The first kappa shape index (κ1) is 17.9. The first-order valence-corrected chi connectivity index (χ1v) is 10.1. The number of carbonyl (C=O) groups is 1. The van der Waals surface area contributed by atoms with Crippen LogP contribution in [-0.2, 0) is 0 Å². The van der Waals surface area contributed by atoms with Crippen molar-refractivity contribution in [3.05, 3.63) is 47.5 Å². The van der Waals surface area contributed by atoms with Gasteiger partial charge in [0.25, 0.3) is 5.91 Å². The lowest BCUT2D eigenvalue weighted by Gasteiger charge is -2.22. The van der Waals surface area contributed by atoms with E-state index < -0.39 is 0 Å². The van der Waals surface area contributed by atoms with Crippen molar-refractivity contribution in [1.82, 2.24) is 25.0 Å². The van der Waals surface area contributed by atoms with E-state index in [-0.39, 0.29) is 5.91 Å². The van der Waals surface area contributed by atoms with E-state index in [1.54, 1.807) is 7.05 Å². The molecule has 1 fully saturated rings. The van der Waals surface area contributed by atoms with Crippen molar-refractivity contribution >= 4 is 39.4 Å². The van der Waals surface area contributed by atoms with Crippen LogP contribution >= 0.6 is 0 Å². The number of benzene rings is 1. The van der Waals surface area contributed by atoms with E-state index in [0.29, 0.717) is 11.2 Å². The average molecular weight is 388 g/mol. The minimum Gasteiger partial charge on any atom is -0.355 e. The standard InChI is InChI=1S/C22H24N6O/c1-14-12-19(27-10-5-8-24-9-11-27)26-20-15(14)13-16(22(29)23-2)21-25-17-6-3-4-7-18(17)28(20)21/h3-4,6-7,12-13,24H,5,8-11H2,1-2H3,(H,23,29). The molecule has 0 spiro atoms. The summed E-state index contributed by atoms with van der Waals surface area (Å²) in [4.78, 5) is 24.8. The van der Waals surface area contributed by atoms with Crippen LogP contribution in [0.25, 0.3) is 27.7 Å². The molecule has 0 saturated carbocycles. The second-order valence-corrected chi connectivity index (χ2v) is 7.52. The molecule has 7 nitrogen and oxygen atoms in total. The topological polar surface area (TPSA) is 74.6 Å². The predicted molar refractivity (Wildman–Crippen MR) is 116 cm³/mol. The number of carbonyl (C=O) groups excluding carboxylic acids is 1. The Balaban J connectivity index is 1.85. The van der Waals surface area contributed by atoms with Gasteiger partial charge in [0, 0.05) is 32.1 Å². The van der Waals surface area contributed by atoms with Crippen LogP contribution < -0.4 is 15.5 Å². The van der Waals surface area contributed by atoms with Crippen LogP contribution in [0.3, 0.4) is 0 Å². The Bertz CT molecular complexity index is 1240. The van der Waals surface area contributed by atoms with Crippen LogP contribution in [0.5, 0.6) is 0 Å². The number of anilines is 1. The first-order chi connectivity index (χ1) is 14.2. The third-order valence-corrected chi connectivity index (χ3v) is 5.67. The van der Waals surface area contributed by atoms with Crippen LogP contribution in [0.1, 0.15) is 22.3 Å². The number of nitrogens with zero attached hydrogens (tertiary/aromatic N) is 4. The van der Waals surface area contributed by atoms with Crippen molar-refractivity contribution in [3.63, 3.8) is 0 Å². The number of imidazole rings is 1. The highest BCUT2D eigenvalue weighted by Gasteiger charge is 2.20. The third kappa shape index (κ3) is 2.89. The van der Waals surface area contributed by atoms with Gasteiger partial charge in [-0.15, -0.1) is 0 Å². The summed E-state index contributed by atoms with van der Waals surface area (Å²) in [5.41, 5.74) is 4.96. The summed E-state index contributed by atoms with van der Waals surface area (Å²) in [6, 6.07) is 12.0. The molecule has 148 valence electrons. The fourth-order valence-corrected chi connectivity index (χ4v) is 4.17. The molecule has 1 aliphatic rings. The van der Waals surface area contributed by atoms with Crippen molar-refractivity contribution in [1.29, 1.82) is 0 Å². The number of para-hydroxylation sites is 2. The van der Waals surface area contributed by atoms with Gasteiger partial charge >= 0.3 is 0 Å². The van der Waals surface area contributed by atoms with E-state index in [1.807, 2.05) is 34.7 Å². The number of rotatable bonds is 2. The minimum atomic E-state index is -0.144. The molecule has 0 bridgehead atoms. The summed E-state index contributed by atoms with van der Waals surface area (Å²) in [7, 11) is 1.65. The van der Waals surface area contributed by atoms with E-state index in [9.17, 15) is 4.79 Å². The van der Waals surface area contributed by atoms with Gasteiger partial charge in [-0.3, -0.25) is 9.20 Å². The molecule has 2 N–H and O–H groups in total. The normalized spacial score (nSPS) is 15.2. The van der Waals surface area contributed by atoms with Gasteiger partial charge in [-0.2, -0.15) is 0 Å². The smallest absolute Gasteiger partial charge is 0.254 e. The lowest BCUT2D eigenvalue weighted by atomic mass is 10.1. The molecule has 3 aromatic heterocycles. The summed E-state index contributed by atoms with van der Waals surface area (Å²) in [5.74, 6) is 0.833. The molecule has 7 heteroatoms. The van der Waals surface area contributed by atoms with Crippen molar-refractivity contribution in [3.8, 4) is 0 Å². The van der Waals surface area contributed by atoms with Crippen LogP contribution in [0.2, 0.25) is 0 Å². The van der Waals surface area contributed by atoms with Gasteiger partial charge in [-0.1, -0.05) is 12.1 Å². The molecule has 1 saturated heterocycles.